The summed E-state index contributed by atoms with van der Waals surface area (Å²) in [5.41, 5.74) is 1.84. The highest BCUT2D eigenvalue weighted by Gasteiger charge is 2.47. The van der Waals surface area contributed by atoms with Gasteiger partial charge in [-0.2, -0.15) is 0 Å². The Kier molecular flexibility index (Phi) is 6.48. The van der Waals surface area contributed by atoms with Crippen LogP contribution in [0.3, 0.4) is 0 Å². The van der Waals surface area contributed by atoms with E-state index in [2.05, 4.69) is 39.2 Å². The average Bonchev–Trinajstić information content (AvgIpc) is 3.17. The number of amides is 2. The normalized spacial score (nSPS) is 20.4. The highest BCUT2D eigenvalue weighted by molar-refractivity contribution is 6.74. The number of benzene rings is 2. The van der Waals surface area contributed by atoms with Gasteiger partial charge in [0.25, 0.3) is 5.91 Å². The Bertz CT molecular complexity index is 1080. The molecule has 7 nitrogen and oxygen atoms in total. The first kappa shape index (κ1) is 24.3. The van der Waals surface area contributed by atoms with Gasteiger partial charge in [0.1, 0.15) is 12.6 Å². The fourth-order valence-corrected chi connectivity index (χ4v) is 5.53. The van der Waals surface area contributed by atoms with Crippen molar-refractivity contribution in [1.29, 1.82) is 0 Å². The molecular formula is C26H34N2O5Si. The maximum absolute atomic E-state index is 13.5. The molecule has 1 fully saturated rings. The first-order valence-corrected chi connectivity index (χ1v) is 14.6. The third-order valence-corrected chi connectivity index (χ3v) is 11.7. The molecule has 2 atom stereocenters. The summed E-state index contributed by atoms with van der Waals surface area (Å²) in [5, 5.41) is 3.00. The molecule has 2 aliphatic rings. The van der Waals surface area contributed by atoms with Crippen molar-refractivity contribution in [1.82, 2.24) is 4.90 Å². The number of carbonyl (C=O) groups excluding carboxylic acids is 2. The predicted octanol–water partition coefficient (Wildman–Crippen LogP) is 4.83. The minimum atomic E-state index is -2.03. The van der Waals surface area contributed by atoms with E-state index in [0.29, 0.717) is 42.3 Å². The Labute approximate surface area is 202 Å². The standard InChI is InChI=1S/C26H34N2O5Si/c1-26(2,3)34(5,6)33-18-12-21-24(29)27-20-14-23(32-16-17-10-8-7-9-11-17)22(31-4)13-19(20)25(30)28(21)15-18/h7-11,13-14,18,21H,12,15-16H2,1-6H3,(H,27,29)/t18-,21+/m1/s1. The first-order chi connectivity index (χ1) is 16.0. The molecule has 0 radical (unpaired) electrons. The number of rotatable bonds is 6. The molecule has 2 heterocycles. The summed E-state index contributed by atoms with van der Waals surface area (Å²) in [6.45, 7) is 11.7. The van der Waals surface area contributed by atoms with Gasteiger partial charge in [-0.1, -0.05) is 51.1 Å². The molecule has 1 N–H and O–H groups in total. The van der Waals surface area contributed by atoms with Gasteiger partial charge in [0.05, 0.1) is 24.5 Å². The summed E-state index contributed by atoms with van der Waals surface area (Å²) in [4.78, 5) is 28.3. The lowest BCUT2D eigenvalue weighted by molar-refractivity contribution is -0.119. The van der Waals surface area contributed by atoms with E-state index in [4.69, 9.17) is 13.9 Å². The molecule has 2 aliphatic heterocycles. The highest BCUT2D eigenvalue weighted by atomic mass is 28.4. The molecule has 2 amide bonds. The number of methoxy groups -OCH3 is 1. The minimum Gasteiger partial charge on any atom is -0.493 e. The smallest absolute Gasteiger partial charge is 0.256 e. The van der Waals surface area contributed by atoms with E-state index < -0.39 is 14.4 Å². The van der Waals surface area contributed by atoms with Gasteiger partial charge < -0.3 is 24.1 Å². The molecule has 4 rings (SSSR count). The van der Waals surface area contributed by atoms with Crippen molar-refractivity contribution in [2.75, 3.05) is 19.0 Å². The molecule has 182 valence electrons. The molecule has 0 saturated carbocycles. The van der Waals surface area contributed by atoms with Crippen LogP contribution in [0.1, 0.15) is 43.1 Å². The number of hydrogen-bond donors (Lipinski definition) is 1. The van der Waals surface area contributed by atoms with Gasteiger partial charge >= 0.3 is 0 Å². The summed E-state index contributed by atoms with van der Waals surface area (Å²) in [5.74, 6) is 0.517. The zero-order valence-corrected chi connectivity index (χ0v) is 21.8. The predicted molar refractivity (Wildman–Crippen MR) is 134 cm³/mol. The Balaban J connectivity index is 1.57. The van der Waals surface area contributed by atoms with Crippen LogP contribution < -0.4 is 14.8 Å². The lowest BCUT2D eigenvalue weighted by Crippen LogP contribution is -2.44. The van der Waals surface area contributed by atoms with Crippen molar-refractivity contribution in [2.45, 2.75) is 64.1 Å². The maximum Gasteiger partial charge on any atom is 0.256 e. The second kappa shape index (κ2) is 9.07. The molecule has 2 aromatic carbocycles. The molecular weight excluding hydrogens is 448 g/mol. The van der Waals surface area contributed by atoms with Crippen LogP contribution in [0.5, 0.6) is 11.5 Å². The zero-order valence-electron chi connectivity index (χ0n) is 20.8. The highest BCUT2D eigenvalue weighted by Crippen LogP contribution is 2.41. The van der Waals surface area contributed by atoms with Crippen molar-refractivity contribution >= 4 is 25.8 Å². The van der Waals surface area contributed by atoms with E-state index in [0.717, 1.165) is 5.56 Å². The molecule has 0 bridgehead atoms. The number of anilines is 1. The number of nitrogens with zero attached hydrogens (tertiary/aromatic N) is 1. The van der Waals surface area contributed by atoms with Crippen molar-refractivity contribution in [2.24, 2.45) is 0 Å². The summed E-state index contributed by atoms with van der Waals surface area (Å²) in [6, 6.07) is 12.6. The fourth-order valence-electron chi connectivity index (χ4n) is 4.17. The number of carbonyl (C=O) groups is 2. The third-order valence-electron chi connectivity index (χ3n) is 7.12. The van der Waals surface area contributed by atoms with E-state index in [9.17, 15) is 9.59 Å². The van der Waals surface area contributed by atoms with Crippen LogP contribution in [0.25, 0.3) is 0 Å². The topological polar surface area (TPSA) is 77.1 Å². The van der Waals surface area contributed by atoms with E-state index in [1.165, 1.54) is 0 Å². The summed E-state index contributed by atoms with van der Waals surface area (Å²) >= 11 is 0. The summed E-state index contributed by atoms with van der Waals surface area (Å²) < 4.78 is 18.0. The van der Waals surface area contributed by atoms with Gasteiger partial charge in [-0.15, -0.1) is 0 Å². The SMILES string of the molecule is COc1cc2c(cc1OCc1ccccc1)NC(=O)[C@@H]1C[C@@H](O[Si](C)(C)C(C)(C)C)CN1C2=O. The van der Waals surface area contributed by atoms with Gasteiger partial charge in [0, 0.05) is 19.0 Å². The molecule has 1 saturated heterocycles. The molecule has 2 aromatic rings. The first-order valence-electron chi connectivity index (χ1n) is 11.7. The van der Waals surface area contributed by atoms with Gasteiger partial charge in [-0.25, -0.2) is 0 Å². The second-order valence-corrected chi connectivity index (χ2v) is 15.3. The number of fused-ring (bicyclic) bond motifs is 2. The lowest BCUT2D eigenvalue weighted by Gasteiger charge is -2.38. The fraction of sp³-hybridized carbons (Fsp3) is 0.462. The van der Waals surface area contributed by atoms with Crippen molar-refractivity contribution in [3.8, 4) is 11.5 Å². The van der Waals surface area contributed by atoms with Crippen molar-refractivity contribution < 1.29 is 23.5 Å². The minimum absolute atomic E-state index is 0.0510. The quantitative estimate of drug-likeness (QED) is 0.597. The molecule has 0 aliphatic carbocycles. The molecule has 34 heavy (non-hydrogen) atoms. The van der Waals surface area contributed by atoms with Crippen molar-refractivity contribution in [3.63, 3.8) is 0 Å². The van der Waals surface area contributed by atoms with Crippen LogP contribution in [0.4, 0.5) is 5.69 Å². The van der Waals surface area contributed by atoms with E-state index >= 15 is 0 Å². The summed E-state index contributed by atoms with van der Waals surface area (Å²) in [6.07, 6.45) is 0.338. The van der Waals surface area contributed by atoms with E-state index in [1.54, 1.807) is 24.1 Å². The van der Waals surface area contributed by atoms with Gasteiger partial charge in [0.2, 0.25) is 5.91 Å². The molecule has 8 heteroatoms. The molecule has 0 unspecified atom stereocenters. The zero-order chi connectivity index (χ0) is 24.7. The van der Waals surface area contributed by atoms with Gasteiger partial charge in [-0.05, 0) is 29.8 Å². The van der Waals surface area contributed by atoms with Gasteiger partial charge in [0.15, 0.2) is 19.8 Å². The van der Waals surface area contributed by atoms with Crippen LogP contribution >= 0.6 is 0 Å². The van der Waals surface area contributed by atoms with E-state index in [-0.39, 0.29) is 23.0 Å². The Morgan fingerprint density at radius 2 is 1.79 bits per heavy atom. The van der Waals surface area contributed by atoms with E-state index in [1.807, 2.05) is 30.3 Å². The monoisotopic (exact) mass is 482 g/mol. The number of hydrogen-bond acceptors (Lipinski definition) is 5. The number of nitrogens with one attached hydrogen (secondary N) is 1. The summed E-state index contributed by atoms with van der Waals surface area (Å²) in [7, 11) is -0.488. The molecule has 0 spiro atoms. The number of ether oxygens (including phenoxy) is 2. The Hall–Kier alpha value is -2.84. The maximum atomic E-state index is 13.5. The third kappa shape index (κ3) is 4.70. The van der Waals surface area contributed by atoms with Crippen LogP contribution in [-0.4, -0.2) is 50.8 Å². The van der Waals surface area contributed by atoms with Gasteiger partial charge in [-0.3, -0.25) is 9.59 Å². The Morgan fingerprint density at radius 1 is 1.09 bits per heavy atom. The average molecular weight is 483 g/mol. The van der Waals surface area contributed by atoms with Crippen LogP contribution in [-0.2, 0) is 15.8 Å². The lowest BCUT2D eigenvalue weighted by atomic mass is 10.1. The van der Waals surface area contributed by atoms with Crippen LogP contribution in [0.15, 0.2) is 42.5 Å². The second-order valence-electron chi connectivity index (χ2n) is 10.5. The van der Waals surface area contributed by atoms with Crippen molar-refractivity contribution in [3.05, 3.63) is 53.6 Å². The largest absolute Gasteiger partial charge is 0.493 e. The Morgan fingerprint density at radius 3 is 2.44 bits per heavy atom. The van der Waals surface area contributed by atoms with Crippen LogP contribution in [0.2, 0.25) is 18.1 Å². The molecule has 0 aromatic heterocycles. The van der Waals surface area contributed by atoms with Crippen LogP contribution in [0, 0.1) is 0 Å².